The first-order chi connectivity index (χ1) is 9.65. The van der Waals surface area contributed by atoms with Crippen molar-refractivity contribution in [1.82, 2.24) is 19.3 Å². The molecule has 0 fully saturated rings. The largest absolute Gasteiger partial charge is 0.369 e. The average molecular weight is 266 g/mol. The SMILES string of the molecule is CCc1nn(C)c2c1nc(N)n2-c1cccc(C#N)c1. The summed E-state index contributed by atoms with van der Waals surface area (Å²) < 4.78 is 3.60. The molecule has 6 nitrogen and oxygen atoms in total. The minimum Gasteiger partial charge on any atom is -0.369 e. The number of imidazole rings is 1. The van der Waals surface area contributed by atoms with Gasteiger partial charge in [-0.2, -0.15) is 10.4 Å². The van der Waals surface area contributed by atoms with Crippen LogP contribution in [0.2, 0.25) is 0 Å². The molecule has 0 aliphatic carbocycles. The van der Waals surface area contributed by atoms with E-state index in [4.69, 9.17) is 11.0 Å². The lowest BCUT2D eigenvalue weighted by atomic mass is 10.2. The third kappa shape index (κ3) is 1.64. The third-order valence-corrected chi connectivity index (χ3v) is 3.30. The van der Waals surface area contributed by atoms with Crippen LogP contribution in [0.15, 0.2) is 24.3 Å². The van der Waals surface area contributed by atoms with E-state index in [9.17, 15) is 0 Å². The number of rotatable bonds is 2. The Kier molecular flexibility index (Phi) is 2.68. The summed E-state index contributed by atoms with van der Waals surface area (Å²) in [5, 5.41) is 13.5. The Morgan fingerprint density at radius 2 is 2.20 bits per heavy atom. The molecule has 0 saturated heterocycles. The van der Waals surface area contributed by atoms with Gasteiger partial charge in [-0.25, -0.2) is 9.67 Å². The highest BCUT2D eigenvalue weighted by molar-refractivity contribution is 5.80. The van der Waals surface area contributed by atoms with Gasteiger partial charge >= 0.3 is 0 Å². The summed E-state index contributed by atoms with van der Waals surface area (Å²) in [6, 6.07) is 9.41. The highest BCUT2D eigenvalue weighted by Gasteiger charge is 2.18. The van der Waals surface area contributed by atoms with Crippen molar-refractivity contribution in [2.45, 2.75) is 13.3 Å². The zero-order valence-corrected chi connectivity index (χ0v) is 11.3. The summed E-state index contributed by atoms with van der Waals surface area (Å²) in [5.74, 6) is 0.401. The van der Waals surface area contributed by atoms with E-state index in [1.807, 2.05) is 30.7 Å². The fourth-order valence-corrected chi connectivity index (χ4v) is 2.40. The molecule has 0 atom stereocenters. The maximum Gasteiger partial charge on any atom is 0.207 e. The van der Waals surface area contributed by atoms with E-state index in [1.54, 1.807) is 16.8 Å². The lowest BCUT2D eigenvalue weighted by Crippen LogP contribution is -2.05. The van der Waals surface area contributed by atoms with E-state index in [2.05, 4.69) is 16.2 Å². The predicted octanol–water partition coefficient (Wildman–Crippen LogP) is 1.78. The molecule has 2 N–H and O–H groups in total. The van der Waals surface area contributed by atoms with Gasteiger partial charge in [0.15, 0.2) is 5.65 Å². The first kappa shape index (κ1) is 12.2. The van der Waals surface area contributed by atoms with Crippen LogP contribution in [0.1, 0.15) is 18.2 Å². The Bertz CT molecular complexity index is 833. The molecule has 0 saturated carbocycles. The minimum absolute atomic E-state index is 0.401. The van der Waals surface area contributed by atoms with E-state index in [-0.39, 0.29) is 0 Å². The molecule has 0 aliphatic rings. The van der Waals surface area contributed by atoms with Gasteiger partial charge in [0.1, 0.15) is 5.52 Å². The molecule has 0 spiro atoms. The zero-order valence-electron chi connectivity index (χ0n) is 11.3. The van der Waals surface area contributed by atoms with Gasteiger partial charge in [-0.3, -0.25) is 4.57 Å². The summed E-state index contributed by atoms with van der Waals surface area (Å²) in [7, 11) is 1.87. The lowest BCUT2D eigenvalue weighted by Gasteiger charge is -2.07. The third-order valence-electron chi connectivity index (χ3n) is 3.30. The van der Waals surface area contributed by atoms with Crippen molar-refractivity contribution in [1.29, 1.82) is 5.26 Å². The standard InChI is InChI=1S/C14H14N6/c1-3-11-12-13(19(2)18-11)20(14(16)17-12)10-6-4-5-9(7-10)8-15/h4-7H,3H2,1-2H3,(H2,16,17). The van der Waals surface area contributed by atoms with Gasteiger partial charge in [0.2, 0.25) is 5.95 Å². The Labute approximate surface area is 116 Å². The van der Waals surface area contributed by atoms with Crippen LogP contribution in [0.5, 0.6) is 0 Å². The Morgan fingerprint density at radius 1 is 1.40 bits per heavy atom. The average Bonchev–Trinajstić information content (AvgIpc) is 2.95. The van der Waals surface area contributed by atoms with Gasteiger partial charge < -0.3 is 5.73 Å². The molecule has 3 rings (SSSR count). The summed E-state index contributed by atoms with van der Waals surface area (Å²) in [4.78, 5) is 4.41. The Hall–Kier alpha value is -2.81. The number of anilines is 1. The lowest BCUT2D eigenvalue weighted by molar-refractivity contribution is 0.751. The van der Waals surface area contributed by atoms with Crippen molar-refractivity contribution in [3.05, 3.63) is 35.5 Å². The normalized spacial score (nSPS) is 10.8. The number of nitrogens with two attached hydrogens (primary N) is 1. The van der Waals surface area contributed by atoms with E-state index in [1.165, 1.54) is 0 Å². The van der Waals surface area contributed by atoms with Crippen LogP contribution in [-0.4, -0.2) is 19.3 Å². The van der Waals surface area contributed by atoms with Crippen LogP contribution in [0.3, 0.4) is 0 Å². The van der Waals surface area contributed by atoms with E-state index < -0.39 is 0 Å². The highest BCUT2D eigenvalue weighted by atomic mass is 15.3. The van der Waals surface area contributed by atoms with E-state index in [0.717, 1.165) is 29.0 Å². The van der Waals surface area contributed by atoms with E-state index in [0.29, 0.717) is 11.5 Å². The quantitative estimate of drug-likeness (QED) is 0.766. The first-order valence-electron chi connectivity index (χ1n) is 6.36. The Balaban J connectivity index is 2.33. The molecule has 1 aromatic carbocycles. The second kappa shape index (κ2) is 4.38. The van der Waals surface area contributed by atoms with Gasteiger partial charge in [-0.1, -0.05) is 13.0 Å². The molecule has 3 aromatic rings. The fourth-order valence-electron chi connectivity index (χ4n) is 2.40. The molecule has 0 aliphatic heterocycles. The molecular weight excluding hydrogens is 252 g/mol. The van der Waals surface area contributed by atoms with Crippen molar-refractivity contribution in [2.24, 2.45) is 7.05 Å². The molecular formula is C14H14N6. The molecule has 0 bridgehead atoms. The number of aryl methyl sites for hydroxylation is 2. The summed E-state index contributed by atoms with van der Waals surface area (Å²) in [6.07, 6.45) is 0.798. The van der Waals surface area contributed by atoms with Crippen molar-refractivity contribution in [3.8, 4) is 11.8 Å². The molecule has 6 heteroatoms. The van der Waals surface area contributed by atoms with Crippen LogP contribution in [0.25, 0.3) is 16.9 Å². The van der Waals surface area contributed by atoms with Crippen LogP contribution < -0.4 is 5.73 Å². The zero-order chi connectivity index (χ0) is 14.3. The first-order valence-corrected chi connectivity index (χ1v) is 6.36. The van der Waals surface area contributed by atoms with Gasteiger partial charge in [-0.15, -0.1) is 0 Å². The fraction of sp³-hybridized carbons (Fsp3) is 0.214. The van der Waals surface area contributed by atoms with E-state index >= 15 is 0 Å². The van der Waals surface area contributed by atoms with Crippen molar-refractivity contribution >= 4 is 17.1 Å². The molecule has 20 heavy (non-hydrogen) atoms. The summed E-state index contributed by atoms with van der Waals surface area (Å²) in [5.41, 5.74) is 10.0. The van der Waals surface area contributed by atoms with Gasteiger partial charge in [0.25, 0.3) is 0 Å². The molecule has 0 radical (unpaired) electrons. The smallest absolute Gasteiger partial charge is 0.207 e. The topological polar surface area (TPSA) is 85.5 Å². The number of hydrogen-bond donors (Lipinski definition) is 1. The monoisotopic (exact) mass is 266 g/mol. The number of nitrogens with zero attached hydrogens (tertiary/aromatic N) is 5. The number of hydrogen-bond acceptors (Lipinski definition) is 4. The van der Waals surface area contributed by atoms with Gasteiger partial charge in [0, 0.05) is 7.05 Å². The molecule has 0 amide bonds. The van der Waals surface area contributed by atoms with Crippen LogP contribution >= 0.6 is 0 Å². The maximum absolute atomic E-state index is 9.02. The van der Waals surface area contributed by atoms with Crippen LogP contribution in [0.4, 0.5) is 5.95 Å². The number of aromatic nitrogens is 4. The number of fused-ring (bicyclic) bond motifs is 1. The number of nitrogen functional groups attached to an aromatic ring is 1. The van der Waals surface area contributed by atoms with Gasteiger partial charge in [0.05, 0.1) is 23.0 Å². The predicted molar refractivity (Wildman–Crippen MR) is 76.3 cm³/mol. The maximum atomic E-state index is 9.02. The highest BCUT2D eigenvalue weighted by Crippen LogP contribution is 2.25. The van der Waals surface area contributed by atoms with Crippen LogP contribution in [0, 0.1) is 11.3 Å². The number of benzene rings is 1. The molecule has 2 aromatic heterocycles. The second-order valence-corrected chi connectivity index (χ2v) is 4.56. The minimum atomic E-state index is 0.401. The van der Waals surface area contributed by atoms with Crippen molar-refractivity contribution < 1.29 is 0 Å². The second-order valence-electron chi connectivity index (χ2n) is 4.56. The number of nitriles is 1. The molecule has 100 valence electrons. The van der Waals surface area contributed by atoms with Crippen molar-refractivity contribution in [3.63, 3.8) is 0 Å². The Morgan fingerprint density at radius 3 is 2.90 bits per heavy atom. The van der Waals surface area contributed by atoms with Crippen molar-refractivity contribution in [2.75, 3.05) is 5.73 Å². The molecule has 2 heterocycles. The van der Waals surface area contributed by atoms with Crippen LogP contribution in [-0.2, 0) is 13.5 Å². The summed E-state index contributed by atoms with van der Waals surface area (Å²) in [6.45, 7) is 2.04. The van der Waals surface area contributed by atoms with Gasteiger partial charge in [-0.05, 0) is 24.6 Å². The molecule has 0 unspecified atom stereocenters. The summed E-state index contributed by atoms with van der Waals surface area (Å²) >= 11 is 0.